The fourth-order valence-corrected chi connectivity index (χ4v) is 2.07. The van der Waals surface area contributed by atoms with Gasteiger partial charge in [0.25, 0.3) is 5.91 Å². The molecule has 1 fully saturated rings. The van der Waals surface area contributed by atoms with Crippen molar-refractivity contribution in [3.8, 4) is 0 Å². The molecule has 0 aliphatic carbocycles. The normalized spacial score (nSPS) is 16.0. The summed E-state index contributed by atoms with van der Waals surface area (Å²) < 4.78 is 49.6. The van der Waals surface area contributed by atoms with Crippen LogP contribution in [0.4, 0.5) is 17.6 Å². The first-order valence-electron chi connectivity index (χ1n) is 6.20. The van der Waals surface area contributed by atoms with Crippen LogP contribution in [-0.4, -0.2) is 54.0 Å². The van der Waals surface area contributed by atoms with E-state index in [0.29, 0.717) is 4.90 Å². The third-order valence-electron chi connectivity index (χ3n) is 3.19. The minimum absolute atomic E-state index is 0.0119. The average molecular weight is 304 g/mol. The maximum atomic E-state index is 12.8. The first-order chi connectivity index (χ1) is 9.79. The molecule has 8 heteroatoms. The summed E-state index contributed by atoms with van der Waals surface area (Å²) in [6.45, 7) is -0.327. The number of rotatable bonds is 1. The number of hydrogen-bond donors (Lipinski definition) is 0. The van der Waals surface area contributed by atoms with Crippen molar-refractivity contribution in [1.29, 1.82) is 0 Å². The molecule has 0 atom stereocenters. The first-order valence-corrected chi connectivity index (χ1v) is 6.20. The summed E-state index contributed by atoms with van der Waals surface area (Å²) in [5.41, 5.74) is 0.256. The molecule has 1 aromatic carbocycles. The van der Waals surface area contributed by atoms with Gasteiger partial charge in [-0.05, 0) is 24.3 Å². The van der Waals surface area contributed by atoms with E-state index in [9.17, 15) is 27.2 Å². The number of hydrogen-bond acceptors (Lipinski definition) is 2. The smallest absolute Gasteiger partial charge is 0.335 e. The summed E-state index contributed by atoms with van der Waals surface area (Å²) in [4.78, 5) is 25.1. The van der Waals surface area contributed by atoms with Gasteiger partial charge in [-0.3, -0.25) is 9.59 Å². The van der Waals surface area contributed by atoms with E-state index in [2.05, 4.69) is 0 Å². The maximum absolute atomic E-state index is 12.8. The summed E-state index contributed by atoms with van der Waals surface area (Å²) in [7, 11) is 0. The van der Waals surface area contributed by atoms with Gasteiger partial charge >= 0.3 is 12.1 Å². The molecule has 4 nitrogen and oxygen atoms in total. The second-order valence-corrected chi connectivity index (χ2v) is 4.59. The van der Waals surface area contributed by atoms with Crippen molar-refractivity contribution < 1.29 is 27.2 Å². The molecule has 1 heterocycles. The lowest BCUT2D eigenvalue weighted by molar-refractivity contribution is -0.186. The zero-order valence-electron chi connectivity index (χ0n) is 10.9. The van der Waals surface area contributed by atoms with Crippen molar-refractivity contribution in [2.45, 2.75) is 6.18 Å². The Balaban J connectivity index is 1.96. The monoisotopic (exact) mass is 304 g/mol. The van der Waals surface area contributed by atoms with Gasteiger partial charge in [0.05, 0.1) is 0 Å². The zero-order valence-corrected chi connectivity index (χ0v) is 10.9. The summed E-state index contributed by atoms with van der Waals surface area (Å²) in [5.74, 6) is -2.77. The molecule has 0 unspecified atom stereocenters. The van der Waals surface area contributed by atoms with Gasteiger partial charge in [0.2, 0.25) is 0 Å². The van der Waals surface area contributed by atoms with Crippen LogP contribution in [-0.2, 0) is 4.79 Å². The van der Waals surface area contributed by atoms with Crippen LogP contribution in [0.25, 0.3) is 0 Å². The molecule has 0 bridgehead atoms. The van der Waals surface area contributed by atoms with E-state index in [4.69, 9.17) is 0 Å². The second-order valence-electron chi connectivity index (χ2n) is 4.59. The standard InChI is InChI=1S/C13H12F4N2O2/c14-10-3-1-9(2-4-10)11(20)18-5-7-19(8-6-18)12(21)13(15,16)17/h1-4H,5-8H2. The molecule has 0 saturated carbocycles. The third-order valence-corrected chi connectivity index (χ3v) is 3.19. The number of amides is 2. The predicted molar refractivity (Wildman–Crippen MR) is 64.9 cm³/mol. The zero-order chi connectivity index (χ0) is 15.6. The Morgan fingerprint density at radius 1 is 0.905 bits per heavy atom. The minimum Gasteiger partial charge on any atom is -0.335 e. The van der Waals surface area contributed by atoms with E-state index in [0.717, 1.165) is 12.1 Å². The van der Waals surface area contributed by atoms with Crippen LogP contribution in [0, 0.1) is 5.82 Å². The molecular formula is C13H12F4N2O2. The molecule has 114 valence electrons. The maximum Gasteiger partial charge on any atom is 0.471 e. The Morgan fingerprint density at radius 2 is 1.38 bits per heavy atom. The van der Waals surface area contributed by atoms with Crippen LogP contribution in [0.1, 0.15) is 10.4 Å². The Kier molecular flexibility index (Phi) is 4.15. The lowest BCUT2D eigenvalue weighted by Gasteiger charge is -2.35. The lowest BCUT2D eigenvalue weighted by Crippen LogP contribution is -2.53. The lowest BCUT2D eigenvalue weighted by atomic mass is 10.2. The van der Waals surface area contributed by atoms with Crippen LogP contribution in [0.5, 0.6) is 0 Å². The Bertz CT molecular complexity index is 534. The third kappa shape index (κ3) is 3.50. The quantitative estimate of drug-likeness (QED) is 0.741. The number of alkyl halides is 3. The summed E-state index contributed by atoms with van der Waals surface area (Å²) in [5, 5.41) is 0. The van der Waals surface area contributed by atoms with Crippen molar-refractivity contribution in [1.82, 2.24) is 9.80 Å². The molecule has 0 radical (unpaired) electrons. The molecule has 1 aromatic rings. The number of carbonyl (C=O) groups excluding carboxylic acids is 2. The van der Waals surface area contributed by atoms with Gasteiger partial charge in [0, 0.05) is 31.7 Å². The highest BCUT2D eigenvalue weighted by Crippen LogP contribution is 2.20. The SMILES string of the molecule is O=C(c1ccc(F)cc1)N1CCN(C(=O)C(F)(F)F)CC1. The van der Waals surface area contributed by atoms with Gasteiger partial charge in [-0.25, -0.2) is 4.39 Å². The van der Waals surface area contributed by atoms with E-state index < -0.39 is 23.8 Å². The van der Waals surface area contributed by atoms with E-state index in [-0.39, 0.29) is 31.7 Å². The average Bonchev–Trinajstić information content (AvgIpc) is 2.46. The highest BCUT2D eigenvalue weighted by Gasteiger charge is 2.43. The van der Waals surface area contributed by atoms with E-state index in [1.165, 1.54) is 17.0 Å². The van der Waals surface area contributed by atoms with Crippen LogP contribution in [0.15, 0.2) is 24.3 Å². The van der Waals surface area contributed by atoms with E-state index >= 15 is 0 Å². The minimum atomic E-state index is -4.90. The number of carbonyl (C=O) groups is 2. The van der Waals surface area contributed by atoms with Crippen LogP contribution < -0.4 is 0 Å². The van der Waals surface area contributed by atoms with Crippen molar-refractivity contribution in [3.63, 3.8) is 0 Å². The summed E-state index contributed by atoms with van der Waals surface area (Å²) >= 11 is 0. The van der Waals surface area contributed by atoms with E-state index in [1.54, 1.807) is 0 Å². The summed E-state index contributed by atoms with van der Waals surface area (Å²) in [6.07, 6.45) is -4.90. The molecule has 0 aromatic heterocycles. The van der Waals surface area contributed by atoms with Gasteiger partial charge in [0.1, 0.15) is 5.82 Å². The highest BCUT2D eigenvalue weighted by atomic mass is 19.4. The van der Waals surface area contributed by atoms with Crippen LogP contribution >= 0.6 is 0 Å². The van der Waals surface area contributed by atoms with Crippen molar-refractivity contribution >= 4 is 11.8 Å². The fraction of sp³-hybridized carbons (Fsp3) is 0.385. The first kappa shape index (κ1) is 15.3. The van der Waals surface area contributed by atoms with Gasteiger partial charge < -0.3 is 9.80 Å². The topological polar surface area (TPSA) is 40.6 Å². The van der Waals surface area contributed by atoms with Gasteiger partial charge in [-0.2, -0.15) is 13.2 Å². The second kappa shape index (κ2) is 5.71. The Morgan fingerprint density at radius 3 is 1.86 bits per heavy atom. The van der Waals surface area contributed by atoms with Gasteiger partial charge in [-0.1, -0.05) is 0 Å². The molecule has 0 N–H and O–H groups in total. The Labute approximate surface area is 117 Å². The molecule has 1 saturated heterocycles. The van der Waals surface area contributed by atoms with Gasteiger partial charge in [0.15, 0.2) is 0 Å². The number of benzene rings is 1. The van der Waals surface area contributed by atoms with Crippen LogP contribution in [0.3, 0.4) is 0 Å². The van der Waals surface area contributed by atoms with Crippen molar-refractivity contribution in [3.05, 3.63) is 35.6 Å². The predicted octanol–water partition coefficient (Wildman–Crippen LogP) is 1.67. The molecular weight excluding hydrogens is 292 g/mol. The van der Waals surface area contributed by atoms with Gasteiger partial charge in [-0.15, -0.1) is 0 Å². The molecule has 0 spiro atoms. The van der Waals surface area contributed by atoms with Crippen molar-refractivity contribution in [2.24, 2.45) is 0 Å². The molecule has 2 rings (SSSR count). The molecule has 1 aliphatic heterocycles. The van der Waals surface area contributed by atoms with Crippen molar-refractivity contribution in [2.75, 3.05) is 26.2 Å². The molecule has 2 amide bonds. The largest absolute Gasteiger partial charge is 0.471 e. The Hall–Kier alpha value is -2.12. The molecule has 1 aliphatic rings. The van der Waals surface area contributed by atoms with E-state index in [1.807, 2.05) is 0 Å². The number of nitrogens with zero attached hydrogens (tertiary/aromatic N) is 2. The number of piperazine rings is 1. The number of halogens is 4. The fourth-order valence-electron chi connectivity index (χ4n) is 2.07. The molecule has 21 heavy (non-hydrogen) atoms. The highest BCUT2D eigenvalue weighted by molar-refractivity contribution is 5.94. The van der Waals surface area contributed by atoms with Crippen LogP contribution in [0.2, 0.25) is 0 Å². The summed E-state index contributed by atoms with van der Waals surface area (Å²) in [6, 6.07) is 4.89.